The van der Waals surface area contributed by atoms with E-state index in [2.05, 4.69) is 36.5 Å². The monoisotopic (exact) mass is 374 g/mol. The number of nitrogens with zero attached hydrogens (tertiary/aromatic N) is 1. The first-order valence-corrected chi connectivity index (χ1v) is 8.94. The van der Waals surface area contributed by atoms with Gasteiger partial charge in [-0.25, -0.2) is 0 Å². The molecule has 3 rings (SSSR count). The Kier molecular flexibility index (Phi) is 7.49. The van der Waals surface area contributed by atoms with E-state index in [9.17, 15) is 4.79 Å². The summed E-state index contributed by atoms with van der Waals surface area (Å²) in [7, 11) is 1.65. The van der Waals surface area contributed by atoms with Gasteiger partial charge < -0.3 is 15.0 Å². The molecular weight excluding hydrogens is 348 g/mol. The third kappa shape index (κ3) is 4.57. The molecule has 0 aliphatic carbocycles. The van der Waals surface area contributed by atoms with Gasteiger partial charge >= 0.3 is 0 Å². The van der Waals surface area contributed by atoms with Gasteiger partial charge in [0.25, 0.3) is 0 Å². The van der Waals surface area contributed by atoms with Crippen LogP contribution in [-0.2, 0) is 17.6 Å². The SMILES string of the molecule is CCc1ccc(C2CNCCN2C(=O)Cc2ccccc2OC)cc1.Cl. The average molecular weight is 375 g/mol. The van der Waals surface area contributed by atoms with E-state index in [0.717, 1.165) is 37.4 Å². The summed E-state index contributed by atoms with van der Waals surface area (Å²) >= 11 is 0. The molecule has 2 aromatic carbocycles. The van der Waals surface area contributed by atoms with E-state index >= 15 is 0 Å². The number of carbonyl (C=O) groups excluding carboxylic acids is 1. The van der Waals surface area contributed by atoms with Crippen LogP contribution in [0.3, 0.4) is 0 Å². The van der Waals surface area contributed by atoms with E-state index in [1.165, 1.54) is 11.1 Å². The van der Waals surface area contributed by atoms with Crippen molar-refractivity contribution in [2.24, 2.45) is 0 Å². The molecule has 1 heterocycles. The Hall–Kier alpha value is -2.04. The molecule has 1 aliphatic rings. The van der Waals surface area contributed by atoms with Crippen molar-refractivity contribution >= 4 is 18.3 Å². The number of benzene rings is 2. The molecule has 1 atom stereocenters. The van der Waals surface area contributed by atoms with E-state index in [0.29, 0.717) is 6.42 Å². The first-order valence-electron chi connectivity index (χ1n) is 8.94. The van der Waals surface area contributed by atoms with Gasteiger partial charge in [0.15, 0.2) is 0 Å². The van der Waals surface area contributed by atoms with E-state index in [4.69, 9.17) is 4.74 Å². The number of rotatable bonds is 5. The lowest BCUT2D eigenvalue weighted by molar-refractivity contribution is -0.133. The van der Waals surface area contributed by atoms with Crippen molar-refractivity contribution in [1.29, 1.82) is 0 Å². The van der Waals surface area contributed by atoms with Crippen LogP contribution in [0, 0.1) is 0 Å². The molecule has 1 saturated heterocycles. The summed E-state index contributed by atoms with van der Waals surface area (Å²) in [6.45, 7) is 4.51. The molecule has 0 saturated carbocycles. The first-order chi connectivity index (χ1) is 12.2. The largest absolute Gasteiger partial charge is 0.496 e. The topological polar surface area (TPSA) is 41.6 Å². The van der Waals surface area contributed by atoms with Gasteiger partial charge in [-0.1, -0.05) is 49.4 Å². The van der Waals surface area contributed by atoms with Crippen LogP contribution in [0.1, 0.15) is 29.7 Å². The minimum atomic E-state index is 0. The number of halogens is 1. The number of aryl methyl sites for hydroxylation is 1. The quantitative estimate of drug-likeness (QED) is 0.872. The lowest BCUT2D eigenvalue weighted by Crippen LogP contribution is -2.49. The molecule has 0 spiro atoms. The van der Waals surface area contributed by atoms with Crippen molar-refractivity contribution in [1.82, 2.24) is 10.2 Å². The average Bonchev–Trinajstić information content (AvgIpc) is 2.68. The Bertz CT molecular complexity index is 718. The number of nitrogens with one attached hydrogen (secondary N) is 1. The highest BCUT2D eigenvalue weighted by atomic mass is 35.5. The molecule has 1 unspecified atom stereocenters. The van der Waals surface area contributed by atoms with Crippen LogP contribution in [0.4, 0.5) is 0 Å². The van der Waals surface area contributed by atoms with Crippen molar-refractivity contribution in [2.45, 2.75) is 25.8 Å². The highest BCUT2D eigenvalue weighted by Gasteiger charge is 2.28. The molecular formula is C21H27ClN2O2. The van der Waals surface area contributed by atoms with E-state index < -0.39 is 0 Å². The van der Waals surface area contributed by atoms with Crippen molar-refractivity contribution in [3.8, 4) is 5.75 Å². The fraction of sp³-hybridized carbons (Fsp3) is 0.381. The zero-order chi connectivity index (χ0) is 17.6. The second-order valence-electron chi connectivity index (χ2n) is 6.39. The minimum absolute atomic E-state index is 0. The highest BCUT2D eigenvalue weighted by molar-refractivity contribution is 5.85. The van der Waals surface area contributed by atoms with E-state index in [1.54, 1.807) is 7.11 Å². The number of hydrogen-bond donors (Lipinski definition) is 1. The van der Waals surface area contributed by atoms with Crippen LogP contribution < -0.4 is 10.1 Å². The maximum Gasteiger partial charge on any atom is 0.227 e. The summed E-state index contributed by atoms with van der Waals surface area (Å²) in [6.07, 6.45) is 1.40. The van der Waals surface area contributed by atoms with Gasteiger partial charge in [-0.15, -0.1) is 12.4 Å². The third-order valence-corrected chi connectivity index (χ3v) is 4.87. The smallest absolute Gasteiger partial charge is 0.227 e. The number of methoxy groups -OCH3 is 1. The lowest BCUT2D eigenvalue weighted by Gasteiger charge is -2.37. The second-order valence-corrected chi connectivity index (χ2v) is 6.39. The van der Waals surface area contributed by atoms with Crippen LogP contribution in [0.15, 0.2) is 48.5 Å². The molecule has 0 aromatic heterocycles. The van der Waals surface area contributed by atoms with Crippen molar-refractivity contribution in [3.63, 3.8) is 0 Å². The van der Waals surface area contributed by atoms with E-state index in [1.807, 2.05) is 29.2 Å². The van der Waals surface area contributed by atoms with Crippen LogP contribution in [-0.4, -0.2) is 37.6 Å². The number of hydrogen-bond acceptors (Lipinski definition) is 3. The predicted octanol–water partition coefficient (Wildman–Crippen LogP) is 3.40. The summed E-state index contributed by atoms with van der Waals surface area (Å²) < 4.78 is 5.39. The predicted molar refractivity (Wildman–Crippen MR) is 107 cm³/mol. The number of piperazine rings is 1. The standard InChI is InChI=1S/C21H26N2O2.ClH/c1-3-16-8-10-17(11-9-16)19-15-22-12-13-23(19)21(24)14-18-6-4-5-7-20(18)25-2;/h4-11,19,22H,3,12-15H2,1-2H3;1H. The Morgan fingerprint density at radius 3 is 2.62 bits per heavy atom. The normalized spacial score (nSPS) is 16.7. The van der Waals surface area contributed by atoms with Gasteiger partial charge in [-0.2, -0.15) is 0 Å². The van der Waals surface area contributed by atoms with Crippen molar-refractivity contribution < 1.29 is 9.53 Å². The minimum Gasteiger partial charge on any atom is -0.496 e. The molecule has 2 aromatic rings. The van der Waals surface area contributed by atoms with Gasteiger partial charge in [0.05, 0.1) is 19.6 Å². The van der Waals surface area contributed by atoms with Gasteiger partial charge in [0.1, 0.15) is 5.75 Å². The van der Waals surface area contributed by atoms with Crippen molar-refractivity contribution in [3.05, 3.63) is 65.2 Å². The maximum atomic E-state index is 13.0. The lowest BCUT2D eigenvalue weighted by atomic mass is 10.00. The molecule has 1 N–H and O–H groups in total. The second kappa shape index (κ2) is 9.60. The molecule has 26 heavy (non-hydrogen) atoms. The zero-order valence-corrected chi connectivity index (χ0v) is 16.2. The molecule has 140 valence electrons. The van der Waals surface area contributed by atoms with Crippen LogP contribution in [0.2, 0.25) is 0 Å². The fourth-order valence-electron chi connectivity index (χ4n) is 3.39. The summed E-state index contributed by atoms with van der Waals surface area (Å²) in [4.78, 5) is 15.0. The number of ether oxygens (including phenoxy) is 1. The number of para-hydroxylation sites is 1. The summed E-state index contributed by atoms with van der Waals surface area (Å²) in [5.41, 5.74) is 3.45. The molecule has 5 heteroatoms. The fourth-order valence-corrected chi connectivity index (χ4v) is 3.39. The highest BCUT2D eigenvalue weighted by Crippen LogP contribution is 2.25. The first kappa shape index (κ1) is 20.3. The Morgan fingerprint density at radius 2 is 1.92 bits per heavy atom. The molecule has 1 fully saturated rings. The number of carbonyl (C=O) groups is 1. The summed E-state index contributed by atoms with van der Waals surface area (Å²) in [5, 5.41) is 3.41. The van der Waals surface area contributed by atoms with Crippen LogP contribution in [0.25, 0.3) is 0 Å². The Labute approximate surface area is 162 Å². The van der Waals surface area contributed by atoms with E-state index in [-0.39, 0.29) is 24.4 Å². The van der Waals surface area contributed by atoms with Crippen LogP contribution in [0.5, 0.6) is 5.75 Å². The molecule has 0 radical (unpaired) electrons. The van der Waals surface area contributed by atoms with Crippen LogP contribution >= 0.6 is 12.4 Å². The van der Waals surface area contributed by atoms with Gasteiger partial charge in [-0.3, -0.25) is 4.79 Å². The molecule has 4 nitrogen and oxygen atoms in total. The molecule has 1 amide bonds. The summed E-state index contributed by atoms with van der Waals surface area (Å²) in [6, 6.07) is 16.5. The van der Waals surface area contributed by atoms with Crippen molar-refractivity contribution in [2.75, 3.05) is 26.7 Å². The third-order valence-electron chi connectivity index (χ3n) is 4.87. The number of amides is 1. The summed E-state index contributed by atoms with van der Waals surface area (Å²) in [5.74, 6) is 0.922. The van der Waals surface area contributed by atoms with Gasteiger partial charge in [-0.05, 0) is 23.6 Å². The Balaban J connectivity index is 0.00000243. The van der Waals surface area contributed by atoms with Gasteiger partial charge in [0.2, 0.25) is 5.91 Å². The molecule has 0 bridgehead atoms. The maximum absolute atomic E-state index is 13.0. The molecule has 1 aliphatic heterocycles. The Morgan fingerprint density at radius 1 is 1.19 bits per heavy atom. The van der Waals surface area contributed by atoms with Gasteiger partial charge in [0, 0.05) is 25.2 Å². The zero-order valence-electron chi connectivity index (χ0n) is 15.4.